The first-order valence-electron chi connectivity index (χ1n) is 6.97. The first kappa shape index (κ1) is 13.3. The molecule has 3 nitrogen and oxygen atoms in total. The fourth-order valence-electron chi connectivity index (χ4n) is 2.89. The topological polar surface area (TPSA) is 28.2 Å². The maximum absolute atomic E-state index is 4.45. The van der Waals surface area contributed by atoms with E-state index in [1.807, 2.05) is 0 Å². The predicted molar refractivity (Wildman–Crippen MR) is 77.2 cm³/mol. The van der Waals surface area contributed by atoms with Crippen LogP contribution < -0.4 is 10.2 Å². The van der Waals surface area contributed by atoms with Gasteiger partial charge in [-0.1, -0.05) is 0 Å². The van der Waals surface area contributed by atoms with E-state index in [2.05, 4.69) is 55.2 Å². The fourth-order valence-corrected chi connectivity index (χ4v) is 2.89. The number of piperidine rings is 1. The molecule has 0 saturated carbocycles. The Labute approximate surface area is 111 Å². The van der Waals surface area contributed by atoms with Crippen molar-refractivity contribution in [2.24, 2.45) is 5.92 Å². The first-order chi connectivity index (χ1) is 8.60. The van der Waals surface area contributed by atoms with Crippen LogP contribution in [0.3, 0.4) is 0 Å². The van der Waals surface area contributed by atoms with Gasteiger partial charge in [0.2, 0.25) is 0 Å². The molecule has 1 unspecified atom stereocenters. The van der Waals surface area contributed by atoms with Crippen molar-refractivity contribution in [3.8, 4) is 0 Å². The Hall–Kier alpha value is -1.09. The normalized spacial score (nSPS) is 19.0. The summed E-state index contributed by atoms with van der Waals surface area (Å²) in [6, 6.07) is 5.04. The molecule has 0 amide bonds. The van der Waals surface area contributed by atoms with Gasteiger partial charge in [0.25, 0.3) is 0 Å². The van der Waals surface area contributed by atoms with E-state index < -0.39 is 0 Å². The number of nitrogens with zero attached hydrogens (tertiary/aromatic N) is 2. The summed E-state index contributed by atoms with van der Waals surface area (Å²) in [6.45, 7) is 8.78. The third kappa shape index (κ3) is 3.02. The van der Waals surface area contributed by atoms with Gasteiger partial charge >= 0.3 is 0 Å². The summed E-state index contributed by atoms with van der Waals surface area (Å²) in [5.41, 5.74) is 3.59. The Balaban J connectivity index is 2.01. The average Bonchev–Trinajstić information content (AvgIpc) is 2.37. The maximum atomic E-state index is 4.45. The van der Waals surface area contributed by atoms with Crippen molar-refractivity contribution >= 4 is 5.69 Å². The molecule has 0 radical (unpaired) electrons. The summed E-state index contributed by atoms with van der Waals surface area (Å²) >= 11 is 0. The van der Waals surface area contributed by atoms with Gasteiger partial charge in [0.1, 0.15) is 0 Å². The number of aryl methyl sites for hydroxylation is 2. The van der Waals surface area contributed by atoms with Crippen molar-refractivity contribution in [2.75, 3.05) is 25.0 Å². The minimum Gasteiger partial charge on any atom is -0.371 e. The van der Waals surface area contributed by atoms with Crippen molar-refractivity contribution in [3.05, 3.63) is 23.5 Å². The number of rotatable bonds is 3. The van der Waals surface area contributed by atoms with Crippen molar-refractivity contribution in [1.82, 2.24) is 10.3 Å². The number of hydrogen-bond donors (Lipinski definition) is 1. The van der Waals surface area contributed by atoms with Gasteiger partial charge in [-0.2, -0.15) is 0 Å². The van der Waals surface area contributed by atoms with E-state index in [-0.39, 0.29) is 0 Å². The molecular weight excluding hydrogens is 222 g/mol. The quantitative estimate of drug-likeness (QED) is 0.889. The first-order valence-corrected chi connectivity index (χ1v) is 6.97. The smallest absolute Gasteiger partial charge is 0.0402 e. The van der Waals surface area contributed by atoms with Crippen LogP contribution in [0.4, 0.5) is 5.69 Å². The Bertz CT molecular complexity index is 374. The van der Waals surface area contributed by atoms with Gasteiger partial charge in [0.15, 0.2) is 0 Å². The molecule has 0 aromatic carbocycles. The van der Waals surface area contributed by atoms with Crippen molar-refractivity contribution in [2.45, 2.75) is 39.7 Å². The summed E-state index contributed by atoms with van der Waals surface area (Å²) < 4.78 is 0. The highest BCUT2D eigenvalue weighted by Crippen LogP contribution is 2.25. The molecule has 1 atom stereocenters. The summed E-state index contributed by atoms with van der Waals surface area (Å²) in [5.74, 6) is 0.815. The molecule has 1 aliphatic heterocycles. The van der Waals surface area contributed by atoms with E-state index in [1.165, 1.54) is 31.6 Å². The molecule has 0 spiro atoms. The predicted octanol–water partition coefficient (Wildman–Crippen LogP) is 2.52. The Morgan fingerprint density at radius 3 is 2.28 bits per heavy atom. The molecule has 1 fully saturated rings. The minimum atomic E-state index is 0.632. The van der Waals surface area contributed by atoms with E-state index in [0.29, 0.717) is 6.04 Å². The lowest BCUT2D eigenvalue weighted by Gasteiger charge is -2.36. The van der Waals surface area contributed by atoms with Gasteiger partial charge in [-0.3, -0.25) is 4.98 Å². The van der Waals surface area contributed by atoms with Gasteiger partial charge in [0.05, 0.1) is 0 Å². The zero-order chi connectivity index (χ0) is 13.1. The monoisotopic (exact) mass is 247 g/mol. The molecular formula is C15H25N3. The van der Waals surface area contributed by atoms with Gasteiger partial charge in [-0.25, -0.2) is 0 Å². The van der Waals surface area contributed by atoms with Gasteiger partial charge in [0, 0.05) is 36.2 Å². The summed E-state index contributed by atoms with van der Waals surface area (Å²) in [7, 11) is 2.06. The molecule has 1 N–H and O–H groups in total. The molecule has 2 rings (SSSR count). The second kappa shape index (κ2) is 5.70. The van der Waals surface area contributed by atoms with Crippen LogP contribution in [0, 0.1) is 19.8 Å². The van der Waals surface area contributed by atoms with E-state index in [1.54, 1.807) is 0 Å². The molecule has 2 heterocycles. The summed E-state index contributed by atoms with van der Waals surface area (Å²) in [4.78, 5) is 6.95. The molecule has 1 aromatic rings. The van der Waals surface area contributed by atoms with Crippen molar-refractivity contribution in [3.63, 3.8) is 0 Å². The number of hydrogen-bond acceptors (Lipinski definition) is 3. The molecule has 0 bridgehead atoms. The van der Waals surface area contributed by atoms with Crippen LogP contribution in [0.2, 0.25) is 0 Å². The van der Waals surface area contributed by atoms with Crippen LogP contribution in [0.1, 0.15) is 31.2 Å². The lowest BCUT2D eigenvalue weighted by atomic mass is 9.90. The Morgan fingerprint density at radius 1 is 1.22 bits per heavy atom. The standard InChI is InChI=1S/C15H25N3/c1-11-9-15(10-12(2)17-11)18-7-5-14(6-8-18)13(3)16-4/h9-10,13-14,16H,5-8H2,1-4H3. The zero-order valence-electron chi connectivity index (χ0n) is 12.0. The van der Waals surface area contributed by atoms with Crippen LogP contribution in [0.25, 0.3) is 0 Å². The van der Waals surface area contributed by atoms with E-state index in [4.69, 9.17) is 0 Å². The highest BCUT2D eigenvalue weighted by molar-refractivity contribution is 5.48. The number of nitrogens with one attached hydrogen (secondary N) is 1. The number of anilines is 1. The molecule has 1 aliphatic rings. The SMILES string of the molecule is CNC(C)C1CCN(c2cc(C)nc(C)c2)CC1. The van der Waals surface area contributed by atoms with Gasteiger partial charge in [-0.05, 0) is 58.7 Å². The second-order valence-electron chi connectivity index (χ2n) is 5.51. The Morgan fingerprint density at radius 2 is 1.78 bits per heavy atom. The molecule has 18 heavy (non-hydrogen) atoms. The van der Waals surface area contributed by atoms with E-state index in [9.17, 15) is 0 Å². The molecule has 1 saturated heterocycles. The lowest BCUT2D eigenvalue weighted by molar-refractivity contribution is 0.323. The third-order valence-electron chi connectivity index (χ3n) is 4.13. The number of aromatic nitrogens is 1. The lowest BCUT2D eigenvalue weighted by Crippen LogP contribution is -2.41. The van der Waals surface area contributed by atoms with Crippen LogP contribution in [-0.4, -0.2) is 31.2 Å². The highest BCUT2D eigenvalue weighted by Gasteiger charge is 2.23. The van der Waals surface area contributed by atoms with Crippen molar-refractivity contribution < 1.29 is 0 Å². The van der Waals surface area contributed by atoms with Crippen LogP contribution in [-0.2, 0) is 0 Å². The average molecular weight is 247 g/mol. The van der Waals surface area contributed by atoms with Crippen molar-refractivity contribution in [1.29, 1.82) is 0 Å². The zero-order valence-corrected chi connectivity index (χ0v) is 12.0. The largest absolute Gasteiger partial charge is 0.371 e. The van der Waals surface area contributed by atoms with Crippen LogP contribution >= 0.6 is 0 Å². The summed E-state index contributed by atoms with van der Waals surface area (Å²) in [5, 5.41) is 3.38. The number of pyridine rings is 1. The van der Waals surface area contributed by atoms with Gasteiger partial charge in [-0.15, -0.1) is 0 Å². The van der Waals surface area contributed by atoms with Crippen LogP contribution in [0.15, 0.2) is 12.1 Å². The highest BCUT2D eigenvalue weighted by atomic mass is 15.1. The van der Waals surface area contributed by atoms with Crippen LogP contribution in [0.5, 0.6) is 0 Å². The minimum absolute atomic E-state index is 0.632. The second-order valence-corrected chi connectivity index (χ2v) is 5.51. The molecule has 3 heteroatoms. The molecule has 1 aromatic heterocycles. The maximum Gasteiger partial charge on any atom is 0.0402 e. The summed E-state index contributed by atoms with van der Waals surface area (Å²) in [6.07, 6.45) is 2.56. The molecule has 0 aliphatic carbocycles. The third-order valence-corrected chi connectivity index (χ3v) is 4.13. The van der Waals surface area contributed by atoms with E-state index >= 15 is 0 Å². The molecule has 100 valence electrons. The van der Waals surface area contributed by atoms with Gasteiger partial charge < -0.3 is 10.2 Å². The Kier molecular flexibility index (Phi) is 4.23. The fraction of sp³-hybridized carbons (Fsp3) is 0.667. The van der Waals surface area contributed by atoms with E-state index in [0.717, 1.165) is 17.3 Å².